The van der Waals surface area contributed by atoms with E-state index in [-0.39, 0.29) is 17.5 Å². The van der Waals surface area contributed by atoms with Crippen LogP contribution in [0.15, 0.2) is 82.8 Å². The van der Waals surface area contributed by atoms with E-state index in [9.17, 15) is 22.3 Å². The van der Waals surface area contributed by atoms with Gasteiger partial charge >= 0.3 is 0 Å². The van der Waals surface area contributed by atoms with Gasteiger partial charge in [-0.1, -0.05) is 18.2 Å². The van der Waals surface area contributed by atoms with Gasteiger partial charge in [0.2, 0.25) is 11.8 Å². The predicted molar refractivity (Wildman–Crippen MR) is 171 cm³/mol. The lowest BCUT2D eigenvalue weighted by atomic mass is 10.0. The van der Waals surface area contributed by atoms with E-state index < -0.39 is 32.8 Å². The second-order valence-corrected chi connectivity index (χ2v) is 12.8. The quantitative estimate of drug-likeness (QED) is 0.258. The molecule has 11 nitrogen and oxygen atoms in total. The third-order valence-electron chi connectivity index (χ3n) is 8.05. The predicted octanol–water partition coefficient (Wildman–Crippen LogP) is 4.04. The summed E-state index contributed by atoms with van der Waals surface area (Å²) in [5.41, 5.74) is 10.1. The SMILES string of the molecule is COc1ncc(-c2ccc3c(c2)C(O)N(c2ccc(CN4CCN(C)CC4)cc2)C(N)=N3)cc1NS(=O)(=O)c1ccc(F)cc1F. The van der Waals surface area contributed by atoms with Gasteiger partial charge in [0.15, 0.2) is 6.23 Å². The van der Waals surface area contributed by atoms with Crippen molar-refractivity contribution in [2.45, 2.75) is 17.7 Å². The van der Waals surface area contributed by atoms with E-state index in [1.165, 1.54) is 24.3 Å². The minimum absolute atomic E-state index is 0.0625. The number of nitrogens with two attached hydrogens (primary N) is 1. The molecular formula is C32H33F2N7O4S. The Kier molecular flexibility index (Phi) is 8.61. The number of pyridine rings is 1. The number of piperazine rings is 1. The number of nitrogens with zero attached hydrogens (tertiary/aromatic N) is 5. The molecular weight excluding hydrogens is 616 g/mol. The van der Waals surface area contributed by atoms with Gasteiger partial charge in [-0.15, -0.1) is 0 Å². The van der Waals surface area contributed by atoms with Crippen LogP contribution in [0.3, 0.4) is 0 Å². The lowest BCUT2D eigenvalue weighted by Gasteiger charge is -2.34. The number of aliphatic hydroxyl groups is 1. The van der Waals surface area contributed by atoms with Gasteiger partial charge in [-0.3, -0.25) is 14.5 Å². The maximum atomic E-state index is 14.3. The Morgan fingerprint density at radius 3 is 2.43 bits per heavy atom. The summed E-state index contributed by atoms with van der Waals surface area (Å²) in [6.45, 7) is 4.91. The molecule has 0 bridgehead atoms. The van der Waals surface area contributed by atoms with Crippen molar-refractivity contribution in [3.05, 3.63) is 95.7 Å². The lowest BCUT2D eigenvalue weighted by molar-refractivity contribution is 0.148. The largest absolute Gasteiger partial charge is 0.480 e. The fourth-order valence-electron chi connectivity index (χ4n) is 5.52. The number of rotatable bonds is 8. The second-order valence-electron chi connectivity index (χ2n) is 11.2. The standard InChI is InChI=1S/C32H33F2N7O4S/c1-39-11-13-40(14-12-39)19-20-3-7-24(8-4-20)41-31(42)25-15-21(5-9-27(25)37-32(41)35)22-16-28(30(45-2)36-18-22)38-46(43,44)29-10-6-23(33)17-26(29)34/h3-10,15-18,31,38,42H,11-14,19H2,1-2H3,(H2,35,37). The van der Waals surface area contributed by atoms with E-state index in [2.05, 4.69) is 31.5 Å². The average Bonchev–Trinajstić information content (AvgIpc) is 3.02. The van der Waals surface area contributed by atoms with Crippen molar-refractivity contribution in [2.24, 2.45) is 10.7 Å². The van der Waals surface area contributed by atoms with Crippen LogP contribution in [0, 0.1) is 11.6 Å². The van der Waals surface area contributed by atoms with Crippen LogP contribution in [0.1, 0.15) is 17.4 Å². The molecule has 14 heteroatoms. The number of nitrogens with one attached hydrogen (secondary N) is 1. The summed E-state index contributed by atoms with van der Waals surface area (Å²) in [6.07, 6.45) is 0.308. The molecule has 4 N–H and O–H groups in total. The Morgan fingerprint density at radius 1 is 1.00 bits per heavy atom. The van der Waals surface area contributed by atoms with Crippen molar-refractivity contribution in [2.75, 3.05) is 50.0 Å². The monoisotopic (exact) mass is 649 g/mol. The van der Waals surface area contributed by atoms with E-state index in [0.29, 0.717) is 34.1 Å². The maximum absolute atomic E-state index is 14.3. The molecule has 0 saturated carbocycles. The van der Waals surface area contributed by atoms with Crippen LogP contribution in [0.5, 0.6) is 5.88 Å². The minimum Gasteiger partial charge on any atom is -0.480 e. The molecule has 1 fully saturated rings. The molecule has 1 aromatic heterocycles. The van der Waals surface area contributed by atoms with Gasteiger partial charge in [-0.25, -0.2) is 27.2 Å². The third-order valence-corrected chi connectivity index (χ3v) is 9.45. The van der Waals surface area contributed by atoms with Crippen LogP contribution < -0.4 is 20.1 Å². The normalized spacial score (nSPS) is 17.4. The Morgan fingerprint density at radius 2 is 1.74 bits per heavy atom. The van der Waals surface area contributed by atoms with Crippen molar-refractivity contribution in [1.29, 1.82) is 0 Å². The molecule has 1 atom stereocenters. The van der Waals surface area contributed by atoms with E-state index in [1.54, 1.807) is 18.2 Å². The zero-order chi connectivity index (χ0) is 32.6. The van der Waals surface area contributed by atoms with Gasteiger partial charge in [-0.05, 0) is 60.6 Å². The molecule has 0 radical (unpaired) electrons. The first kappa shape index (κ1) is 31.4. The number of aliphatic imine (C=N–C) groups is 1. The molecule has 2 aliphatic heterocycles. The van der Waals surface area contributed by atoms with Crippen molar-refractivity contribution < 1.29 is 27.0 Å². The van der Waals surface area contributed by atoms with Crippen molar-refractivity contribution in [3.8, 4) is 17.0 Å². The molecule has 240 valence electrons. The second kappa shape index (κ2) is 12.6. The van der Waals surface area contributed by atoms with E-state index in [1.807, 2.05) is 24.3 Å². The Balaban J connectivity index is 1.25. The number of hydrogen-bond acceptors (Lipinski definition) is 10. The molecule has 2 aliphatic rings. The summed E-state index contributed by atoms with van der Waals surface area (Å²) in [5.74, 6) is -2.08. The highest BCUT2D eigenvalue weighted by atomic mass is 32.2. The number of halogens is 2. The molecule has 1 saturated heterocycles. The number of hydrogen-bond donors (Lipinski definition) is 3. The van der Waals surface area contributed by atoms with Crippen LogP contribution in [0.2, 0.25) is 0 Å². The Hall–Kier alpha value is -4.63. The Labute approximate surface area is 265 Å². The van der Waals surface area contributed by atoms with Crippen LogP contribution in [0.4, 0.5) is 25.8 Å². The van der Waals surface area contributed by atoms with Crippen LogP contribution >= 0.6 is 0 Å². The summed E-state index contributed by atoms with van der Waals surface area (Å²) in [5, 5.41) is 11.5. The topological polar surface area (TPSA) is 137 Å². The summed E-state index contributed by atoms with van der Waals surface area (Å²) in [6, 6.07) is 16.6. The van der Waals surface area contributed by atoms with Crippen LogP contribution in [-0.2, 0) is 16.6 Å². The maximum Gasteiger partial charge on any atom is 0.264 e. The minimum atomic E-state index is -4.47. The number of ether oxygens (including phenoxy) is 1. The highest BCUT2D eigenvalue weighted by Gasteiger charge is 2.29. The molecule has 3 aromatic carbocycles. The van der Waals surface area contributed by atoms with Gasteiger partial charge in [0, 0.05) is 61.8 Å². The number of anilines is 2. The molecule has 0 amide bonds. The fourth-order valence-corrected chi connectivity index (χ4v) is 6.63. The average molecular weight is 650 g/mol. The molecule has 3 heterocycles. The molecule has 0 aliphatic carbocycles. The number of likely N-dealkylation sites (N-methyl/N-ethyl adjacent to an activating group) is 1. The highest BCUT2D eigenvalue weighted by molar-refractivity contribution is 7.92. The van der Waals surface area contributed by atoms with Crippen molar-refractivity contribution in [1.82, 2.24) is 14.8 Å². The Bertz CT molecular complexity index is 1900. The van der Waals surface area contributed by atoms with Crippen molar-refractivity contribution in [3.63, 3.8) is 0 Å². The summed E-state index contributed by atoms with van der Waals surface area (Å²) >= 11 is 0. The number of aromatic nitrogens is 1. The first-order chi connectivity index (χ1) is 22.0. The van der Waals surface area contributed by atoms with E-state index in [0.717, 1.165) is 50.4 Å². The third kappa shape index (κ3) is 6.37. The molecule has 46 heavy (non-hydrogen) atoms. The zero-order valence-corrected chi connectivity index (χ0v) is 26.0. The number of fused-ring (bicyclic) bond motifs is 1. The lowest BCUT2D eigenvalue weighted by Crippen LogP contribution is -2.44. The number of guanidine groups is 1. The zero-order valence-electron chi connectivity index (χ0n) is 25.2. The van der Waals surface area contributed by atoms with Crippen LogP contribution in [0.25, 0.3) is 11.1 Å². The molecule has 6 rings (SSSR count). The molecule has 4 aromatic rings. The number of sulfonamides is 1. The first-order valence-electron chi connectivity index (χ1n) is 14.5. The number of methoxy groups -OCH3 is 1. The van der Waals surface area contributed by atoms with E-state index in [4.69, 9.17) is 10.5 Å². The summed E-state index contributed by atoms with van der Waals surface area (Å²) in [7, 11) is -1.03. The number of benzene rings is 3. The van der Waals surface area contributed by atoms with Gasteiger partial charge in [0.25, 0.3) is 10.0 Å². The van der Waals surface area contributed by atoms with E-state index >= 15 is 0 Å². The summed E-state index contributed by atoms with van der Waals surface area (Å²) < 4.78 is 61.2. The highest BCUT2D eigenvalue weighted by Crippen LogP contribution is 2.39. The van der Waals surface area contributed by atoms with Gasteiger partial charge in [-0.2, -0.15) is 0 Å². The molecule has 0 spiro atoms. The van der Waals surface area contributed by atoms with Crippen molar-refractivity contribution >= 4 is 33.0 Å². The molecule has 1 unspecified atom stereocenters. The van der Waals surface area contributed by atoms with Gasteiger partial charge in [0.05, 0.1) is 12.8 Å². The van der Waals surface area contributed by atoms with Gasteiger partial charge in [0.1, 0.15) is 22.2 Å². The first-order valence-corrected chi connectivity index (χ1v) is 16.0. The smallest absolute Gasteiger partial charge is 0.264 e. The number of aliphatic hydroxyl groups excluding tert-OH is 1. The van der Waals surface area contributed by atoms with Crippen LogP contribution in [-0.4, -0.2) is 74.6 Å². The fraction of sp³-hybridized carbons (Fsp3) is 0.250. The van der Waals surface area contributed by atoms with Gasteiger partial charge < -0.3 is 20.5 Å². The summed E-state index contributed by atoms with van der Waals surface area (Å²) in [4.78, 5) is 14.2.